The van der Waals surface area contributed by atoms with E-state index in [1.54, 1.807) is 42.5 Å². The number of aryl methyl sites for hydroxylation is 1. The molecule has 1 aliphatic rings. The summed E-state index contributed by atoms with van der Waals surface area (Å²) in [4.78, 5) is 38.3. The lowest BCUT2D eigenvalue weighted by molar-refractivity contribution is -0.122. The van der Waals surface area contributed by atoms with Gasteiger partial charge >= 0.3 is 5.97 Å². The molecule has 0 bridgehead atoms. The number of hydrogen-bond donors (Lipinski definition) is 2. The summed E-state index contributed by atoms with van der Waals surface area (Å²) in [6.45, 7) is 2.04. The van der Waals surface area contributed by atoms with Crippen molar-refractivity contribution in [3.8, 4) is 11.5 Å². The zero-order valence-electron chi connectivity index (χ0n) is 19.8. The molecule has 4 rings (SSSR count). The first-order valence-corrected chi connectivity index (χ1v) is 12.2. The van der Waals surface area contributed by atoms with Crippen LogP contribution in [0.5, 0.6) is 11.5 Å². The highest BCUT2D eigenvalue weighted by Crippen LogP contribution is 2.31. The zero-order chi connectivity index (χ0) is 26.7. The predicted molar refractivity (Wildman–Crippen MR) is 146 cm³/mol. The minimum atomic E-state index is -0.999. The van der Waals surface area contributed by atoms with Gasteiger partial charge in [0, 0.05) is 4.47 Å². The van der Waals surface area contributed by atoms with Crippen LogP contribution < -0.4 is 19.7 Å². The van der Waals surface area contributed by atoms with E-state index in [-0.39, 0.29) is 22.9 Å². The summed E-state index contributed by atoms with van der Waals surface area (Å²) in [5.74, 6) is -1.29. The van der Waals surface area contributed by atoms with Crippen LogP contribution in [0.4, 0.5) is 5.69 Å². The summed E-state index contributed by atoms with van der Waals surface area (Å²) in [7, 11) is 1.48. The molecule has 8 nitrogen and oxygen atoms in total. The van der Waals surface area contributed by atoms with Gasteiger partial charge in [-0.25, -0.2) is 4.79 Å². The van der Waals surface area contributed by atoms with Crippen LogP contribution in [0.15, 0.2) is 70.7 Å². The molecular formula is C27H21BrN2O6S. The van der Waals surface area contributed by atoms with Crippen molar-refractivity contribution in [2.45, 2.75) is 13.5 Å². The summed E-state index contributed by atoms with van der Waals surface area (Å²) >= 11 is 8.69. The van der Waals surface area contributed by atoms with Gasteiger partial charge < -0.3 is 14.6 Å². The molecule has 188 valence electrons. The number of nitrogens with one attached hydrogen (secondary N) is 1. The van der Waals surface area contributed by atoms with Crippen molar-refractivity contribution in [3.05, 3.63) is 93.0 Å². The quantitative estimate of drug-likeness (QED) is 0.233. The Labute approximate surface area is 226 Å². The number of halogens is 1. The molecule has 0 aliphatic carbocycles. The topological polar surface area (TPSA) is 105 Å². The molecular weight excluding hydrogens is 560 g/mol. The molecule has 0 unspecified atom stereocenters. The third-order valence-electron chi connectivity index (χ3n) is 5.60. The van der Waals surface area contributed by atoms with Crippen LogP contribution in [0.25, 0.3) is 6.08 Å². The second kappa shape index (κ2) is 10.9. The number of aromatic carboxylic acids is 1. The van der Waals surface area contributed by atoms with E-state index >= 15 is 0 Å². The molecule has 0 spiro atoms. The second-order valence-corrected chi connectivity index (χ2v) is 9.39. The number of methoxy groups -OCH3 is 1. The maximum absolute atomic E-state index is 13.3. The lowest BCUT2D eigenvalue weighted by atomic mass is 10.1. The number of rotatable bonds is 7. The Bertz CT molecular complexity index is 1450. The predicted octanol–water partition coefficient (Wildman–Crippen LogP) is 4.87. The summed E-state index contributed by atoms with van der Waals surface area (Å²) in [5, 5.41) is 11.6. The van der Waals surface area contributed by atoms with Gasteiger partial charge in [-0.1, -0.05) is 34.1 Å². The fourth-order valence-corrected chi connectivity index (χ4v) is 4.46. The first kappa shape index (κ1) is 26.1. The molecule has 0 aromatic heterocycles. The van der Waals surface area contributed by atoms with Crippen molar-refractivity contribution < 1.29 is 29.0 Å². The number of anilines is 1. The van der Waals surface area contributed by atoms with Crippen LogP contribution in [-0.2, 0) is 16.2 Å². The zero-order valence-corrected chi connectivity index (χ0v) is 22.2. The molecule has 3 aromatic rings. The number of thiocarbonyl (C=S) groups is 1. The Morgan fingerprint density at radius 3 is 2.46 bits per heavy atom. The molecule has 0 atom stereocenters. The first-order chi connectivity index (χ1) is 17.7. The second-order valence-electron chi connectivity index (χ2n) is 8.09. The van der Waals surface area contributed by atoms with Gasteiger partial charge in [0.25, 0.3) is 11.8 Å². The smallest absolute Gasteiger partial charge is 0.335 e. The number of ether oxygens (including phenoxy) is 2. The third-order valence-corrected chi connectivity index (χ3v) is 6.37. The number of carboxylic acids is 1. The van der Waals surface area contributed by atoms with Crippen molar-refractivity contribution >= 4 is 62.8 Å². The van der Waals surface area contributed by atoms with E-state index in [9.17, 15) is 14.4 Å². The van der Waals surface area contributed by atoms with Crippen LogP contribution in [0, 0.1) is 6.92 Å². The Hall–Kier alpha value is -4.02. The molecule has 2 N–H and O–H groups in total. The number of amides is 2. The minimum absolute atomic E-state index is 0.00953. The standard InChI is InChI=1S/C27H21BrN2O6S/c1-15-11-19(28)8-9-21(15)30-25(32)20(24(31)29-27(30)37)12-17-5-10-22(23(13-17)35-2)36-14-16-3-6-18(7-4-16)26(33)34/h3-13H,14H2,1-2H3,(H,33,34)(H,29,31,37)/b20-12-. The molecule has 2 amide bonds. The van der Waals surface area contributed by atoms with Gasteiger partial charge in [0.15, 0.2) is 16.6 Å². The lowest BCUT2D eigenvalue weighted by Gasteiger charge is -2.30. The Balaban J connectivity index is 1.57. The summed E-state index contributed by atoms with van der Waals surface area (Å²) in [5.41, 5.74) is 2.82. The van der Waals surface area contributed by atoms with E-state index in [0.717, 1.165) is 15.6 Å². The maximum Gasteiger partial charge on any atom is 0.335 e. The van der Waals surface area contributed by atoms with Crippen molar-refractivity contribution in [1.82, 2.24) is 5.32 Å². The maximum atomic E-state index is 13.3. The highest BCUT2D eigenvalue weighted by atomic mass is 79.9. The van der Waals surface area contributed by atoms with Crippen LogP contribution in [-0.4, -0.2) is 35.1 Å². The van der Waals surface area contributed by atoms with Crippen LogP contribution in [0.1, 0.15) is 27.0 Å². The summed E-state index contributed by atoms with van der Waals surface area (Å²) in [6, 6.07) is 16.8. The normalized spacial score (nSPS) is 14.5. The fourth-order valence-electron chi connectivity index (χ4n) is 3.71. The van der Waals surface area contributed by atoms with Gasteiger partial charge in [-0.15, -0.1) is 0 Å². The highest BCUT2D eigenvalue weighted by molar-refractivity contribution is 9.10. The highest BCUT2D eigenvalue weighted by Gasteiger charge is 2.35. The number of carbonyl (C=O) groups is 3. The number of hydrogen-bond acceptors (Lipinski definition) is 6. The number of carbonyl (C=O) groups excluding carboxylic acids is 2. The van der Waals surface area contributed by atoms with Gasteiger partial charge in [0.2, 0.25) is 0 Å². The number of nitrogens with zero attached hydrogens (tertiary/aromatic N) is 1. The van der Waals surface area contributed by atoms with Crippen molar-refractivity contribution in [2.24, 2.45) is 0 Å². The van der Waals surface area contributed by atoms with E-state index < -0.39 is 17.8 Å². The molecule has 1 fully saturated rings. The van der Waals surface area contributed by atoms with Gasteiger partial charge in [-0.3, -0.25) is 19.8 Å². The van der Waals surface area contributed by atoms with Gasteiger partial charge in [-0.05, 0) is 84.4 Å². The fraction of sp³-hybridized carbons (Fsp3) is 0.111. The van der Waals surface area contributed by atoms with Crippen LogP contribution in [0.3, 0.4) is 0 Å². The average molecular weight is 581 g/mol. The number of carboxylic acid groups (broad SMARTS) is 1. The van der Waals surface area contributed by atoms with Crippen molar-refractivity contribution in [2.75, 3.05) is 12.0 Å². The Kier molecular flexibility index (Phi) is 7.70. The largest absolute Gasteiger partial charge is 0.493 e. The minimum Gasteiger partial charge on any atom is -0.493 e. The van der Waals surface area contributed by atoms with Crippen molar-refractivity contribution in [3.63, 3.8) is 0 Å². The van der Waals surface area contributed by atoms with E-state index in [2.05, 4.69) is 21.2 Å². The van der Waals surface area contributed by atoms with Gasteiger partial charge in [-0.2, -0.15) is 0 Å². The van der Waals surface area contributed by atoms with Gasteiger partial charge in [0.1, 0.15) is 12.2 Å². The van der Waals surface area contributed by atoms with Crippen molar-refractivity contribution in [1.29, 1.82) is 0 Å². The third kappa shape index (κ3) is 5.71. The molecule has 1 heterocycles. The molecule has 0 saturated carbocycles. The Morgan fingerprint density at radius 2 is 1.81 bits per heavy atom. The first-order valence-electron chi connectivity index (χ1n) is 11.0. The Morgan fingerprint density at radius 1 is 1.08 bits per heavy atom. The average Bonchev–Trinajstić information content (AvgIpc) is 2.87. The van der Waals surface area contributed by atoms with Gasteiger partial charge in [0.05, 0.1) is 18.4 Å². The van der Waals surface area contributed by atoms with Crippen LogP contribution >= 0.6 is 28.1 Å². The monoisotopic (exact) mass is 580 g/mol. The summed E-state index contributed by atoms with van der Waals surface area (Å²) in [6.07, 6.45) is 1.47. The van der Waals surface area contributed by atoms with E-state index in [1.165, 1.54) is 30.2 Å². The summed E-state index contributed by atoms with van der Waals surface area (Å²) < 4.78 is 12.2. The molecule has 10 heteroatoms. The number of benzene rings is 3. The lowest BCUT2D eigenvalue weighted by Crippen LogP contribution is -2.54. The van der Waals surface area contributed by atoms with E-state index in [1.807, 2.05) is 13.0 Å². The molecule has 3 aromatic carbocycles. The molecule has 1 saturated heterocycles. The SMILES string of the molecule is COc1cc(/C=C2/C(=O)NC(=S)N(c3ccc(Br)cc3C)C2=O)ccc1OCc1ccc(C(=O)O)cc1. The molecule has 1 aliphatic heterocycles. The molecule has 0 radical (unpaired) electrons. The van der Waals surface area contributed by atoms with Crippen LogP contribution in [0.2, 0.25) is 0 Å². The van der Waals surface area contributed by atoms with E-state index in [0.29, 0.717) is 22.7 Å². The molecule has 37 heavy (non-hydrogen) atoms. The van der Waals surface area contributed by atoms with E-state index in [4.69, 9.17) is 26.8 Å².